The standard InChI is InChI=1S/C33H28ClN3O4S2/c1-18(2)41-32(40)26-19(3)35-33-37(28(26)21-11-15-23(42-4)16-12-21)31(39)29(43-33)27-24-7-5-6-8-25(24)36(30(27)38)17-20-9-13-22(34)14-10-20/h5-16,18,28H,17H2,1-4H3/b29-27-/t28-/m0/s1. The van der Waals surface area contributed by atoms with E-state index in [4.69, 9.17) is 21.3 Å². The van der Waals surface area contributed by atoms with Gasteiger partial charge in [0.05, 0.1) is 41.2 Å². The van der Waals surface area contributed by atoms with Crippen LogP contribution >= 0.6 is 34.7 Å². The van der Waals surface area contributed by atoms with Crippen molar-refractivity contribution < 1.29 is 14.3 Å². The number of aromatic nitrogens is 1. The van der Waals surface area contributed by atoms with Gasteiger partial charge in [-0.2, -0.15) is 0 Å². The van der Waals surface area contributed by atoms with Crippen molar-refractivity contribution in [1.82, 2.24) is 4.57 Å². The predicted octanol–water partition coefficient (Wildman–Crippen LogP) is 5.48. The van der Waals surface area contributed by atoms with E-state index in [1.165, 1.54) is 15.9 Å². The summed E-state index contributed by atoms with van der Waals surface area (Å²) in [6, 6.07) is 21.8. The number of carbonyl (C=O) groups is 2. The number of benzene rings is 3. The van der Waals surface area contributed by atoms with E-state index in [0.717, 1.165) is 21.7 Å². The first-order valence-electron chi connectivity index (χ1n) is 13.7. The van der Waals surface area contributed by atoms with Crippen LogP contribution in [0.25, 0.3) is 5.57 Å². The van der Waals surface area contributed by atoms with Gasteiger partial charge < -0.3 is 9.64 Å². The molecule has 1 atom stereocenters. The van der Waals surface area contributed by atoms with Crippen molar-refractivity contribution in [1.29, 1.82) is 0 Å². The van der Waals surface area contributed by atoms with Crippen molar-refractivity contribution in [3.05, 3.63) is 125 Å². The van der Waals surface area contributed by atoms with E-state index < -0.39 is 12.0 Å². The molecule has 7 nitrogen and oxygen atoms in total. The number of fused-ring (bicyclic) bond motifs is 2. The number of rotatable bonds is 6. The highest BCUT2D eigenvalue weighted by atomic mass is 35.5. The maximum atomic E-state index is 14.4. The molecule has 0 unspecified atom stereocenters. The summed E-state index contributed by atoms with van der Waals surface area (Å²) >= 11 is 8.85. The molecule has 218 valence electrons. The number of allylic oxidation sites excluding steroid dienone is 1. The lowest BCUT2D eigenvalue weighted by molar-refractivity contribution is -0.143. The Morgan fingerprint density at radius 3 is 2.42 bits per heavy atom. The van der Waals surface area contributed by atoms with E-state index in [2.05, 4.69) is 0 Å². The fourth-order valence-electron chi connectivity index (χ4n) is 5.44. The topological polar surface area (TPSA) is 81.0 Å². The average Bonchev–Trinajstić information content (AvgIpc) is 3.45. The zero-order valence-electron chi connectivity index (χ0n) is 24.0. The van der Waals surface area contributed by atoms with Crippen LogP contribution in [-0.4, -0.2) is 28.8 Å². The molecule has 1 amide bonds. The number of hydrogen-bond donors (Lipinski definition) is 0. The molecule has 3 heterocycles. The van der Waals surface area contributed by atoms with Crippen LogP contribution in [-0.2, 0) is 20.9 Å². The third kappa shape index (κ3) is 5.26. The first-order valence-corrected chi connectivity index (χ1v) is 16.2. The number of esters is 1. The van der Waals surface area contributed by atoms with Crippen molar-refractivity contribution >= 4 is 57.8 Å². The Labute approximate surface area is 261 Å². The Balaban J connectivity index is 1.55. The van der Waals surface area contributed by atoms with Crippen LogP contribution in [0.4, 0.5) is 5.69 Å². The van der Waals surface area contributed by atoms with Crippen molar-refractivity contribution in [3.8, 4) is 0 Å². The number of ether oxygens (including phenoxy) is 1. The highest BCUT2D eigenvalue weighted by Gasteiger charge is 2.37. The van der Waals surface area contributed by atoms with Crippen molar-refractivity contribution in [2.24, 2.45) is 4.99 Å². The molecule has 0 radical (unpaired) electrons. The number of para-hydroxylation sites is 1. The molecule has 10 heteroatoms. The second-order valence-electron chi connectivity index (χ2n) is 10.5. The second kappa shape index (κ2) is 11.6. The molecular weight excluding hydrogens is 602 g/mol. The predicted molar refractivity (Wildman–Crippen MR) is 171 cm³/mol. The summed E-state index contributed by atoms with van der Waals surface area (Å²) in [6.45, 7) is 5.64. The smallest absolute Gasteiger partial charge is 0.338 e. The number of carbonyl (C=O) groups excluding carboxylic acids is 2. The molecule has 0 saturated carbocycles. The quantitative estimate of drug-likeness (QED) is 0.209. The third-order valence-corrected chi connectivity index (χ3v) is 9.44. The Bertz CT molecular complexity index is 1980. The van der Waals surface area contributed by atoms with Gasteiger partial charge in [0.25, 0.3) is 11.5 Å². The molecule has 2 aliphatic rings. The van der Waals surface area contributed by atoms with Crippen LogP contribution < -0.4 is 19.8 Å². The summed E-state index contributed by atoms with van der Waals surface area (Å²) in [4.78, 5) is 49.8. The Kier molecular flexibility index (Phi) is 7.89. The molecule has 2 aliphatic heterocycles. The number of nitrogens with zero attached hydrogens (tertiary/aromatic N) is 3. The van der Waals surface area contributed by atoms with Crippen LogP contribution in [0.1, 0.15) is 43.5 Å². The molecule has 0 saturated heterocycles. The van der Waals surface area contributed by atoms with Crippen LogP contribution in [0.15, 0.2) is 98.7 Å². The molecule has 0 bridgehead atoms. The average molecular weight is 630 g/mol. The van der Waals surface area contributed by atoms with Crippen LogP contribution in [0.2, 0.25) is 5.02 Å². The lowest BCUT2D eigenvalue weighted by Gasteiger charge is -2.25. The van der Waals surface area contributed by atoms with Crippen molar-refractivity contribution in [3.63, 3.8) is 0 Å². The molecule has 0 N–H and O–H groups in total. The van der Waals surface area contributed by atoms with E-state index in [1.54, 1.807) is 49.6 Å². The monoisotopic (exact) mass is 629 g/mol. The highest BCUT2D eigenvalue weighted by Crippen LogP contribution is 2.37. The van der Waals surface area contributed by atoms with Gasteiger partial charge in [-0.15, -0.1) is 11.8 Å². The first-order chi connectivity index (χ1) is 20.7. The zero-order chi connectivity index (χ0) is 30.4. The second-order valence-corrected chi connectivity index (χ2v) is 12.8. The Morgan fingerprint density at radius 1 is 1.05 bits per heavy atom. The van der Waals surface area contributed by atoms with Gasteiger partial charge in [0.2, 0.25) is 0 Å². The lowest BCUT2D eigenvalue weighted by Crippen LogP contribution is -2.41. The molecule has 1 aromatic heterocycles. The molecule has 0 aliphatic carbocycles. The van der Waals surface area contributed by atoms with E-state index in [1.807, 2.05) is 66.9 Å². The summed E-state index contributed by atoms with van der Waals surface area (Å²) < 4.78 is 7.43. The van der Waals surface area contributed by atoms with Gasteiger partial charge >= 0.3 is 5.97 Å². The molecule has 0 spiro atoms. The van der Waals surface area contributed by atoms with Gasteiger partial charge in [0.1, 0.15) is 4.53 Å². The summed E-state index contributed by atoms with van der Waals surface area (Å²) in [6.07, 6.45) is 1.64. The summed E-state index contributed by atoms with van der Waals surface area (Å²) in [5, 5.41) is 0.614. The molecule has 43 heavy (non-hydrogen) atoms. The van der Waals surface area contributed by atoms with Crippen molar-refractivity contribution in [2.75, 3.05) is 11.2 Å². The number of halogens is 1. The molecule has 3 aromatic carbocycles. The Morgan fingerprint density at radius 2 is 1.74 bits per heavy atom. The van der Waals surface area contributed by atoms with Crippen LogP contribution in [0.3, 0.4) is 0 Å². The largest absolute Gasteiger partial charge is 0.459 e. The zero-order valence-corrected chi connectivity index (χ0v) is 26.3. The summed E-state index contributed by atoms with van der Waals surface area (Å²) in [5.74, 6) is -0.790. The van der Waals surface area contributed by atoms with Gasteiger partial charge in [0.15, 0.2) is 4.80 Å². The van der Waals surface area contributed by atoms with Gasteiger partial charge in [-0.05, 0) is 68.5 Å². The lowest BCUT2D eigenvalue weighted by atomic mass is 9.96. The first kappa shape index (κ1) is 29.2. The van der Waals surface area contributed by atoms with Gasteiger partial charge in [-0.25, -0.2) is 9.79 Å². The van der Waals surface area contributed by atoms with Gasteiger partial charge in [-0.1, -0.05) is 65.4 Å². The van der Waals surface area contributed by atoms with Crippen LogP contribution in [0.5, 0.6) is 0 Å². The minimum absolute atomic E-state index is 0.266. The minimum Gasteiger partial charge on any atom is -0.459 e. The van der Waals surface area contributed by atoms with E-state index >= 15 is 0 Å². The number of amides is 1. The SMILES string of the molecule is CSc1ccc([C@H]2C(C(=O)OC(C)C)=C(C)N=c3s/c(=C4\C(=O)N(Cc5ccc(Cl)cc5)c5ccccc54)c(=O)n32)cc1. The minimum atomic E-state index is -0.760. The van der Waals surface area contributed by atoms with E-state index in [-0.39, 0.29) is 22.1 Å². The number of anilines is 1. The van der Waals surface area contributed by atoms with Crippen molar-refractivity contribution in [2.45, 2.75) is 44.4 Å². The Hall–Kier alpha value is -3.92. The fourth-order valence-corrected chi connectivity index (χ4v) is 7.11. The number of thiazole rings is 1. The number of hydrogen-bond acceptors (Lipinski definition) is 7. The molecular formula is C33H28ClN3O4S2. The number of thioether (sulfide) groups is 1. The summed E-state index contributed by atoms with van der Waals surface area (Å²) in [7, 11) is 0. The normalized spacial score (nSPS) is 17.2. The molecule has 6 rings (SSSR count). The van der Waals surface area contributed by atoms with Gasteiger partial charge in [-0.3, -0.25) is 14.2 Å². The molecule has 0 fully saturated rings. The maximum absolute atomic E-state index is 14.4. The van der Waals surface area contributed by atoms with E-state index in [9.17, 15) is 14.4 Å². The van der Waals surface area contributed by atoms with Gasteiger partial charge in [0, 0.05) is 15.5 Å². The van der Waals surface area contributed by atoms with E-state index in [0.29, 0.717) is 38.8 Å². The van der Waals surface area contributed by atoms with Crippen LogP contribution in [0, 0.1) is 0 Å². The highest BCUT2D eigenvalue weighted by molar-refractivity contribution is 7.98. The maximum Gasteiger partial charge on any atom is 0.338 e. The summed E-state index contributed by atoms with van der Waals surface area (Å²) in [5.41, 5.74) is 3.80. The third-order valence-electron chi connectivity index (χ3n) is 7.40. The fraction of sp³-hybridized carbons (Fsp3) is 0.212. The molecule has 4 aromatic rings.